The van der Waals surface area contributed by atoms with E-state index in [1.165, 1.54) is 32.4 Å². The van der Waals surface area contributed by atoms with Crippen molar-refractivity contribution in [1.82, 2.24) is 4.90 Å². The Bertz CT molecular complexity index is 865. The maximum Gasteiger partial charge on any atom is 0.119 e. The van der Waals surface area contributed by atoms with Gasteiger partial charge in [-0.05, 0) is 73.2 Å². The maximum absolute atomic E-state index is 5.42. The molecular weight excluding hydrogens is 412 g/mol. The van der Waals surface area contributed by atoms with Crippen LogP contribution in [0.2, 0.25) is 0 Å². The molecule has 0 amide bonds. The molecule has 0 spiro atoms. The van der Waals surface area contributed by atoms with Crippen molar-refractivity contribution >= 4 is 27.2 Å². The molecular formula is C24H29BrN2O. The number of benzene rings is 2. The molecule has 1 aliphatic heterocycles. The van der Waals surface area contributed by atoms with Crippen molar-refractivity contribution < 1.29 is 4.74 Å². The first kappa shape index (κ1) is 19.5. The topological polar surface area (TPSA) is 15.7 Å². The molecule has 1 aliphatic carbocycles. The van der Waals surface area contributed by atoms with Gasteiger partial charge in [-0.15, -0.1) is 0 Å². The molecule has 2 aromatic rings. The third-order valence-electron chi connectivity index (χ3n) is 6.03. The maximum atomic E-state index is 5.42. The van der Waals surface area contributed by atoms with Gasteiger partial charge in [0.05, 0.1) is 7.11 Å². The average molecular weight is 441 g/mol. The van der Waals surface area contributed by atoms with Gasteiger partial charge in [0.1, 0.15) is 5.75 Å². The van der Waals surface area contributed by atoms with E-state index in [0.717, 1.165) is 44.8 Å². The molecule has 1 fully saturated rings. The summed E-state index contributed by atoms with van der Waals surface area (Å²) in [4.78, 5) is 5.06. The Balaban J connectivity index is 1.56. The number of piperazine rings is 1. The second-order valence-electron chi connectivity index (χ2n) is 7.97. The number of hydrogen-bond donors (Lipinski definition) is 0. The summed E-state index contributed by atoms with van der Waals surface area (Å²) < 4.78 is 6.71. The van der Waals surface area contributed by atoms with E-state index in [0.29, 0.717) is 6.04 Å². The lowest BCUT2D eigenvalue weighted by Gasteiger charge is -2.38. The van der Waals surface area contributed by atoms with Gasteiger partial charge in [0, 0.05) is 42.4 Å². The summed E-state index contributed by atoms with van der Waals surface area (Å²) in [6.07, 6.45) is 2.09. The Morgan fingerprint density at radius 2 is 1.64 bits per heavy atom. The van der Waals surface area contributed by atoms with E-state index in [9.17, 15) is 0 Å². The lowest BCUT2D eigenvalue weighted by atomic mass is 9.86. The molecule has 4 rings (SSSR count). The Labute approximate surface area is 177 Å². The number of halogens is 1. The number of methoxy groups -OCH3 is 1. The fraction of sp³-hybridized carbons (Fsp3) is 0.417. The molecule has 3 nitrogen and oxygen atoms in total. The zero-order valence-electron chi connectivity index (χ0n) is 17.0. The molecule has 0 radical (unpaired) electrons. The number of ether oxygens (including phenoxy) is 1. The minimum Gasteiger partial charge on any atom is -0.497 e. The molecule has 0 N–H and O–H groups in total. The van der Waals surface area contributed by atoms with Crippen molar-refractivity contribution in [2.45, 2.75) is 32.7 Å². The van der Waals surface area contributed by atoms with Crippen LogP contribution in [-0.4, -0.2) is 44.2 Å². The van der Waals surface area contributed by atoms with Gasteiger partial charge in [-0.25, -0.2) is 0 Å². The Morgan fingerprint density at radius 1 is 0.929 bits per heavy atom. The van der Waals surface area contributed by atoms with Crippen molar-refractivity contribution in [2.75, 3.05) is 38.2 Å². The van der Waals surface area contributed by atoms with Gasteiger partial charge < -0.3 is 9.64 Å². The quantitative estimate of drug-likeness (QED) is 0.638. The summed E-state index contributed by atoms with van der Waals surface area (Å²) >= 11 is 3.84. The highest BCUT2D eigenvalue weighted by molar-refractivity contribution is 9.11. The first-order valence-electron chi connectivity index (χ1n) is 10.2. The van der Waals surface area contributed by atoms with Crippen molar-refractivity contribution in [3.05, 3.63) is 63.6 Å². The summed E-state index contributed by atoms with van der Waals surface area (Å²) in [5, 5.41) is 0. The van der Waals surface area contributed by atoms with Gasteiger partial charge >= 0.3 is 0 Å². The predicted octanol–water partition coefficient (Wildman–Crippen LogP) is 5.33. The molecule has 28 heavy (non-hydrogen) atoms. The fourth-order valence-corrected chi connectivity index (χ4v) is 4.95. The summed E-state index contributed by atoms with van der Waals surface area (Å²) in [5.74, 6) is 0.937. The van der Waals surface area contributed by atoms with Gasteiger partial charge in [0.15, 0.2) is 0 Å². The van der Waals surface area contributed by atoms with E-state index < -0.39 is 0 Å². The Morgan fingerprint density at radius 3 is 2.29 bits per heavy atom. The second-order valence-corrected chi connectivity index (χ2v) is 8.92. The fourth-order valence-electron chi connectivity index (χ4n) is 4.31. The molecule has 0 aromatic heterocycles. The SMILES string of the molecule is COc1ccc2c(c1)CCC(Br)=C2c1ccc(N2CCN(C(C)C)CC2)cc1. The van der Waals surface area contributed by atoms with Crippen LogP contribution < -0.4 is 9.64 Å². The minimum absolute atomic E-state index is 0.638. The van der Waals surface area contributed by atoms with E-state index in [4.69, 9.17) is 4.74 Å². The first-order chi connectivity index (χ1) is 13.6. The van der Waals surface area contributed by atoms with Gasteiger partial charge in [0.2, 0.25) is 0 Å². The highest BCUT2D eigenvalue weighted by Gasteiger charge is 2.21. The zero-order chi connectivity index (χ0) is 19.7. The number of hydrogen-bond acceptors (Lipinski definition) is 3. The first-order valence-corrected chi connectivity index (χ1v) is 11.0. The zero-order valence-corrected chi connectivity index (χ0v) is 18.6. The van der Waals surface area contributed by atoms with E-state index in [1.807, 2.05) is 0 Å². The molecule has 0 saturated carbocycles. The Kier molecular flexibility index (Phi) is 5.79. The van der Waals surface area contributed by atoms with E-state index in [2.05, 4.69) is 82.0 Å². The van der Waals surface area contributed by atoms with E-state index in [-0.39, 0.29) is 0 Å². The molecule has 148 valence electrons. The van der Waals surface area contributed by atoms with Crippen LogP contribution in [0.15, 0.2) is 46.9 Å². The largest absolute Gasteiger partial charge is 0.497 e. The number of anilines is 1. The number of aryl methyl sites for hydroxylation is 1. The average Bonchev–Trinajstić information content (AvgIpc) is 2.73. The monoisotopic (exact) mass is 440 g/mol. The van der Waals surface area contributed by atoms with Crippen LogP contribution >= 0.6 is 15.9 Å². The van der Waals surface area contributed by atoms with Crippen LogP contribution in [0.1, 0.15) is 37.0 Å². The van der Waals surface area contributed by atoms with Crippen LogP contribution in [0.25, 0.3) is 5.57 Å². The molecule has 0 unspecified atom stereocenters. The lowest BCUT2D eigenvalue weighted by molar-refractivity contribution is 0.209. The number of fused-ring (bicyclic) bond motifs is 1. The normalized spacial score (nSPS) is 17.8. The number of nitrogens with zero attached hydrogens (tertiary/aromatic N) is 2. The van der Waals surface area contributed by atoms with Gasteiger partial charge in [0.25, 0.3) is 0 Å². The summed E-state index contributed by atoms with van der Waals surface area (Å²) in [7, 11) is 1.73. The molecule has 1 heterocycles. The van der Waals surface area contributed by atoms with Gasteiger partial charge in [-0.1, -0.05) is 34.1 Å². The van der Waals surface area contributed by atoms with Crippen LogP contribution in [0.3, 0.4) is 0 Å². The van der Waals surface area contributed by atoms with Gasteiger partial charge in [-0.2, -0.15) is 0 Å². The molecule has 4 heteroatoms. The smallest absolute Gasteiger partial charge is 0.119 e. The summed E-state index contributed by atoms with van der Waals surface area (Å²) in [6.45, 7) is 9.07. The molecule has 0 bridgehead atoms. The van der Waals surface area contributed by atoms with Crippen molar-refractivity contribution in [3.8, 4) is 5.75 Å². The predicted molar refractivity (Wildman–Crippen MR) is 122 cm³/mol. The molecule has 2 aliphatic rings. The lowest BCUT2D eigenvalue weighted by Crippen LogP contribution is -2.48. The van der Waals surface area contributed by atoms with Gasteiger partial charge in [-0.3, -0.25) is 4.90 Å². The van der Waals surface area contributed by atoms with Crippen molar-refractivity contribution in [3.63, 3.8) is 0 Å². The molecule has 0 atom stereocenters. The van der Waals surface area contributed by atoms with Crippen LogP contribution in [-0.2, 0) is 6.42 Å². The molecule has 2 aromatic carbocycles. The Hall–Kier alpha value is -1.78. The van der Waals surface area contributed by atoms with E-state index in [1.54, 1.807) is 7.11 Å². The summed E-state index contributed by atoms with van der Waals surface area (Å²) in [5.41, 5.74) is 6.61. The van der Waals surface area contributed by atoms with Crippen LogP contribution in [0.4, 0.5) is 5.69 Å². The number of allylic oxidation sites excluding steroid dienone is 1. The third-order valence-corrected chi connectivity index (χ3v) is 6.83. The highest BCUT2D eigenvalue weighted by atomic mass is 79.9. The standard InChI is InChI=1S/C24H29BrN2O/c1-17(2)26-12-14-27(15-13-26)20-7-4-18(5-8-20)24-22-10-9-21(28-3)16-19(22)6-11-23(24)25/h4-5,7-10,16-17H,6,11-15H2,1-3H3. The highest BCUT2D eigenvalue weighted by Crippen LogP contribution is 2.40. The second kappa shape index (κ2) is 8.30. The summed E-state index contributed by atoms with van der Waals surface area (Å²) in [6, 6.07) is 16.2. The molecule has 1 saturated heterocycles. The van der Waals surface area contributed by atoms with Crippen LogP contribution in [0, 0.1) is 0 Å². The van der Waals surface area contributed by atoms with Crippen molar-refractivity contribution in [2.24, 2.45) is 0 Å². The van der Waals surface area contributed by atoms with E-state index >= 15 is 0 Å². The van der Waals surface area contributed by atoms with Crippen LogP contribution in [0.5, 0.6) is 5.75 Å². The third kappa shape index (κ3) is 3.85. The minimum atomic E-state index is 0.638. The number of rotatable bonds is 4. The van der Waals surface area contributed by atoms with Crippen molar-refractivity contribution in [1.29, 1.82) is 0 Å².